The number of aryl methyl sites for hydroxylation is 1. The minimum Gasteiger partial charge on any atom is -0.494 e. The maximum absolute atomic E-state index is 12.5. The van der Waals surface area contributed by atoms with Gasteiger partial charge in [0, 0.05) is 26.0 Å². The zero-order valence-corrected chi connectivity index (χ0v) is 21.7. The first-order valence-corrected chi connectivity index (χ1v) is 13.7. The van der Waals surface area contributed by atoms with Gasteiger partial charge in [-0.3, -0.25) is 0 Å². The van der Waals surface area contributed by atoms with Crippen molar-refractivity contribution in [1.29, 1.82) is 0 Å². The first-order chi connectivity index (χ1) is 16.9. The van der Waals surface area contributed by atoms with Gasteiger partial charge in [-0.1, -0.05) is 42.5 Å². The number of hydrogen-bond acceptors (Lipinski definition) is 5. The van der Waals surface area contributed by atoms with Crippen molar-refractivity contribution in [3.63, 3.8) is 0 Å². The van der Waals surface area contributed by atoms with Gasteiger partial charge in [-0.25, -0.2) is 17.7 Å². The van der Waals surface area contributed by atoms with Crippen LogP contribution in [0.4, 0.5) is 5.69 Å². The Bertz CT molecular complexity index is 1420. The molecular weight excluding hydrogens is 478 g/mol. The molecule has 8 heteroatoms. The van der Waals surface area contributed by atoms with Crippen molar-refractivity contribution in [2.45, 2.75) is 24.8 Å². The van der Waals surface area contributed by atoms with Crippen LogP contribution in [0.3, 0.4) is 0 Å². The van der Waals surface area contributed by atoms with Gasteiger partial charge in [0.25, 0.3) is 0 Å². The molecule has 0 spiro atoms. The van der Waals surface area contributed by atoms with E-state index < -0.39 is 10.0 Å². The van der Waals surface area contributed by atoms with Crippen LogP contribution in [0.25, 0.3) is 11.3 Å². The maximum atomic E-state index is 12.5. The second-order valence-electron chi connectivity index (χ2n) is 8.14. The molecule has 0 saturated carbocycles. The molecule has 4 rings (SSSR count). The molecule has 182 valence electrons. The van der Waals surface area contributed by atoms with Crippen molar-refractivity contribution >= 4 is 27.0 Å². The van der Waals surface area contributed by atoms with Gasteiger partial charge in [-0.15, -0.1) is 11.3 Å². The maximum Gasteiger partial charge on any atom is 0.242 e. The summed E-state index contributed by atoms with van der Waals surface area (Å²) in [6, 6.07) is 25.1. The molecule has 0 bridgehead atoms. The van der Waals surface area contributed by atoms with Gasteiger partial charge >= 0.3 is 0 Å². The van der Waals surface area contributed by atoms with Crippen LogP contribution < -0.4 is 9.54 Å². The van der Waals surface area contributed by atoms with Gasteiger partial charge < -0.3 is 9.30 Å². The molecule has 0 fully saturated rings. The monoisotopic (exact) mass is 507 g/mol. The van der Waals surface area contributed by atoms with E-state index in [2.05, 4.69) is 22.1 Å². The summed E-state index contributed by atoms with van der Waals surface area (Å²) in [7, 11) is -0.403. The van der Waals surface area contributed by atoms with Crippen LogP contribution in [0.1, 0.15) is 12.5 Å². The van der Waals surface area contributed by atoms with Crippen LogP contribution >= 0.6 is 11.3 Å². The van der Waals surface area contributed by atoms with Crippen molar-refractivity contribution in [1.82, 2.24) is 8.87 Å². The van der Waals surface area contributed by atoms with E-state index in [1.807, 2.05) is 61.5 Å². The average molecular weight is 508 g/mol. The predicted octanol–water partition coefficient (Wildman–Crippen LogP) is 5.34. The lowest BCUT2D eigenvalue weighted by atomic mass is 10.1. The molecule has 0 N–H and O–H groups in total. The Balaban J connectivity index is 1.72. The van der Waals surface area contributed by atoms with E-state index in [1.54, 1.807) is 23.5 Å². The molecule has 3 aromatic carbocycles. The van der Waals surface area contributed by atoms with Gasteiger partial charge in [0.15, 0.2) is 4.80 Å². The van der Waals surface area contributed by atoms with Crippen LogP contribution in [0.15, 0.2) is 94.1 Å². The number of nitrogens with zero attached hydrogens (tertiary/aromatic N) is 3. The quantitative estimate of drug-likeness (QED) is 0.307. The summed E-state index contributed by atoms with van der Waals surface area (Å²) in [5.74, 6) is 0.822. The predicted molar refractivity (Wildman–Crippen MR) is 142 cm³/mol. The average Bonchev–Trinajstić information content (AvgIpc) is 3.27. The standard InChI is InChI=1S/C27H29N3O3S2/c1-4-33-24-14-12-23(13-15-24)28-27-30(19-18-21-8-6-5-7-9-21)26(20-34-27)22-10-16-25(17-11-22)35(31,32)29(2)3/h5-17,20H,4,18-19H2,1-3H3. The fourth-order valence-corrected chi connectivity index (χ4v) is 5.51. The molecule has 6 nitrogen and oxygen atoms in total. The fourth-order valence-electron chi connectivity index (χ4n) is 3.65. The minimum atomic E-state index is -3.48. The lowest BCUT2D eigenvalue weighted by molar-refractivity contribution is 0.340. The number of hydrogen-bond donors (Lipinski definition) is 0. The number of thiazole rings is 1. The largest absolute Gasteiger partial charge is 0.494 e. The third kappa shape index (κ3) is 5.90. The SMILES string of the molecule is CCOc1ccc(N=c2scc(-c3ccc(S(=O)(=O)N(C)C)cc3)n2CCc2ccccc2)cc1. The van der Waals surface area contributed by atoms with E-state index in [4.69, 9.17) is 9.73 Å². The smallest absolute Gasteiger partial charge is 0.242 e. The van der Waals surface area contributed by atoms with Crippen LogP contribution in [0, 0.1) is 0 Å². The summed E-state index contributed by atoms with van der Waals surface area (Å²) >= 11 is 1.57. The molecule has 0 amide bonds. The molecule has 1 aromatic heterocycles. The third-order valence-corrected chi connectivity index (χ3v) is 8.26. The summed E-state index contributed by atoms with van der Waals surface area (Å²) in [4.78, 5) is 6.06. The summed E-state index contributed by atoms with van der Waals surface area (Å²) in [6.45, 7) is 3.33. The Morgan fingerprint density at radius 1 is 0.943 bits per heavy atom. The van der Waals surface area contributed by atoms with Crippen molar-refractivity contribution in [3.05, 3.63) is 94.6 Å². The van der Waals surface area contributed by atoms with E-state index in [0.717, 1.165) is 40.5 Å². The molecule has 0 aliphatic heterocycles. The first kappa shape index (κ1) is 24.9. The van der Waals surface area contributed by atoms with Crippen molar-refractivity contribution in [2.24, 2.45) is 4.99 Å². The zero-order chi connectivity index (χ0) is 24.8. The second-order valence-corrected chi connectivity index (χ2v) is 11.1. The summed E-state index contributed by atoms with van der Waals surface area (Å²) < 4.78 is 33.9. The first-order valence-electron chi connectivity index (χ1n) is 11.4. The molecule has 35 heavy (non-hydrogen) atoms. The summed E-state index contributed by atoms with van der Waals surface area (Å²) in [5, 5.41) is 2.08. The molecule has 0 unspecified atom stereocenters. The van der Waals surface area contributed by atoms with E-state index >= 15 is 0 Å². The molecule has 0 aliphatic carbocycles. The van der Waals surface area contributed by atoms with E-state index in [1.165, 1.54) is 24.0 Å². The van der Waals surface area contributed by atoms with E-state index in [-0.39, 0.29) is 4.90 Å². The van der Waals surface area contributed by atoms with Gasteiger partial charge in [-0.2, -0.15) is 0 Å². The Morgan fingerprint density at radius 2 is 1.63 bits per heavy atom. The molecule has 0 radical (unpaired) electrons. The van der Waals surface area contributed by atoms with Gasteiger partial charge in [0.2, 0.25) is 10.0 Å². The molecule has 4 aromatic rings. The minimum absolute atomic E-state index is 0.275. The highest BCUT2D eigenvalue weighted by Gasteiger charge is 2.17. The molecule has 0 saturated heterocycles. The summed E-state index contributed by atoms with van der Waals surface area (Å²) in [6.07, 6.45) is 0.855. The normalized spacial score (nSPS) is 12.3. The number of sulfonamides is 1. The lowest BCUT2D eigenvalue weighted by Gasteiger charge is -2.13. The van der Waals surface area contributed by atoms with Gasteiger partial charge in [0.1, 0.15) is 5.75 Å². The fraction of sp³-hybridized carbons (Fsp3) is 0.222. The Labute approximate surface area is 210 Å². The number of benzene rings is 3. The Kier molecular flexibility index (Phi) is 7.85. The van der Waals surface area contributed by atoms with Crippen molar-refractivity contribution in [2.75, 3.05) is 20.7 Å². The van der Waals surface area contributed by atoms with Crippen LogP contribution in [-0.2, 0) is 23.0 Å². The van der Waals surface area contributed by atoms with Crippen molar-refractivity contribution < 1.29 is 13.2 Å². The van der Waals surface area contributed by atoms with Gasteiger partial charge in [0.05, 0.1) is 22.9 Å². The van der Waals surface area contributed by atoms with Crippen LogP contribution in [-0.4, -0.2) is 38.0 Å². The highest BCUT2D eigenvalue weighted by molar-refractivity contribution is 7.89. The second kappa shape index (κ2) is 11.0. The van der Waals surface area contributed by atoms with E-state index in [9.17, 15) is 8.42 Å². The number of rotatable bonds is 9. The topological polar surface area (TPSA) is 63.9 Å². The Hall–Kier alpha value is -3.20. The third-order valence-electron chi connectivity index (χ3n) is 5.57. The molecule has 1 heterocycles. The lowest BCUT2D eigenvalue weighted by Crippen LogP contribution is -2.22. The van der Waals surface area contributed by atoms with Crippen molar-refractivity contribution in [3.8, 4) is 17.0 Å². The molecule has 0 atom stereocenters. The highest BCUT2D eigenvalue weighted by atomic mass is 32.2. The van der Waals surface area contributed by atoms with Gasteiger partial charge in [-0.05, 0) is 60.9 Å². The zero-order valence-electron chi connectivity index (χ0n) is 20.1. The number of aromatic nitrogens is 1. The van der Waals surface area contributed by atoms with Crippen LogP contribution in [0.5, 0.6) is 5.75 Å². The highest BCUT2D eigenvalue weighted by Crippen LogP contribution is 2.24. The summed E-state index contributed by atoms with van der Waals surface area (Å²) in [5.41, 5.74) is 4.05. The Morgan fingerprint density at radius 3 is 2.26 bits per heavy atom. The molecule has 0 aliphatic rings. The van der Waals surface area contributed by atoms with E-state index in [0.29, 0.717) is 6.61 Å². The number of ether oxygens (including phenoxy) is 1. The molecular formula is C27H29N3O3S2. The van der Waals surface area contributed by atoms with Crippen LogP contribution in [0.2, 0.25) is 0 Å².